The van der Waals surface area contributed by atoms with Gasteiger partial charge in [-0.1, -0.05) is 25.1 Å². The molecule has 0 bridgehead atoms. The fourth-order valence-electron chi connectivity index (χ4n) is 3.15. The Morgan fingerprint density at radius 1 is 1.07 bits per heavy atom. The van der Waals surface area contributed by atoms with Gasteiger partial charge in [0.15, 0.2) is 11.6 Å². The summed E-state index contributed by atoms with van der Waals surface area (Å²) in [7, 11) is 0. The first-order chi connectivity index (χ1) is 13.1. The molecule has 1 saturated heterocycles. The SMILES string of the molecule is Cc1cnn(-c2cccc(N3CCN(Cc4nc(C(C)C)no4)CC3)n2)c1. The van der Waals surface area contributed by atoms with Crippen LogP contribution in [0.3, 0.4) is 0 Å². The summed E-state index contributed by atoms with van der Waals surface area (Å²) < 4.78 is 7.18. The summed E-state index contributed by atoms with van der Waals surface area (Å²) >= 11 is 0. The highest BCUT2D eigenvalue weighted by molar-refractivity contribution is 5.43. The summed E-state index contributed by atoms with van der Waals surface area (Å²) in [6.07, 6.45) is 3.83. The van der Waals surface area contributed by atoms with Gasteiger partial charge in [-0.25, -0.2) is 9.67 Å². The minimum absolute atomic E-state index is 0.288. The third-order valence-corrected chi connectivity index (χ3v) is 4.72. The van der Waals surface area contributed by atoms with E-state index in [0.717, 1.165) is 49.2 Å². The lowest BCUT2D eigenvalue weighted by Crippen LogP contribution is -2.46. The van der Waals surface area contributed by atoms with Crippen LogP contribution < -0.4 is 4.90 Å². The molecule has 0 N–H and O–H groups in total. The molecular formula is C19H25N7O. The Balaban J connectivity index is 1.37. The Morgan fingerprint density at radius 3 is 2.52 bits per heavy atom. The van der Waals surface area contributed by atoms with Crippen molar-refractivity contribution in [3.05, 3.63) is 47.9 Å². The van der Waals surface area contributed by atoms with E-state index in [4.69, 9.17) is 9.51 Å². The van der Waals surface area contributed by atoms with Crippen molar-refractivity contribution in [3.63, 3.8) is 0 Å². The molecule has 0 aromatic carbocycles. The van der Waals surface area contributed by atoms with Gasteiger partial charge in [-0.15, -0.1) is 0 Å². The van der Waals surface area contributed by atoms with Crippen LogP contribution in [-0.4, -0.2) is 56.0 Å². The Labute approximate surface area is 158 Å². The fourth-order valence-corrected chi connectivity index (χ4v) is 3.15. The number of nitrogens with zero attached hydrogens (tertiary/aromatic N) is 7. The molecule has 3 aromatic heterocycles. The highest BCUT2D eigenvalue weighted by Crippen LogP contribution is 2.17. The maximum atomic E-state index is 5.37. The van der Waals surface area contributed by atoms with Gasteiger partial charge in [-0.2, -0.15) is 10.1 Å². The van der Waals surface area contributed by atoms with E-state index >= 15 is 0 Å². The summed E-state index contributed by atoms with van der Waals surface area (Å²) in [6, 6.07) is 6.07. The Kier molecular flexibility index (Phi) is 4.89. The van der Waals surface area contributed by atoms with E-state index in [1.54, 1.807) is 0 Å². The van der Waals surface area contributed by atoms with E-state index in [1.165, 1.54) is 0 Å². The second kappa shape index (κ2) is 7.48. The van der Waals surface area contributed by atoms with Crippen LogP contribution in [0.4, 0.5) is 5.82 Å². The van der Waals surface area contributed by atoms with Gasteiger partial charge in [-0.05, 0) is 24.6 Å². The quantitative estimate of drug-likeness (QED) is 0.685. The van der Waals surface area contributed by atoms with E-state index in [-0.39, 0.29) is 5.92 Å². The smallest absolute Gasteiger partial charge is 0.240 e. The van der Waals surface area contributed by atoms with Crippen molar-refractivity contribution in [1.82, 2.24) is 29.8 Å². The third kappa shape index (κ3) is 4.00. The number of aryl methyl sites for hydroxylation is 1. The number of rotatable bonds is 5. The van der Waals surface area contributed by atoms with Crippen molar-refractivity contribution >= 4 is 5.82 Å². The molecule has 0 aliphatic carbocycles. The molecule has 1 fully saturated rings. The summed E-state index contributed by atoms with van der Waals surface area (Å²) in [5, 5.41) is 8.39. The molecule has 27 heavy (non-hydrogen) atoms. The van der Waals surface area contributed by atoms with Gasteiger partial charge in [0, 0.05) is 38.3 Å². The van der Waals surface area contributed by atoms with Gasteiger partial charge in [0.05, 0.1) is 12.7 Å². The fraction of sp³-hybridized carbons (Fsp3) is 0.474. The van der Waals surface area contributed by atoms with E-state index in [2.05, 4.69) is 45.0 Å². The zero-order valence-corrected chi connectivity index (χ0v) is 16.0. The summed E-state index contributed by atoms with van der Waals surface area (Å²) in [6.45, 7) is 10.6. The van der Waals surface area contributed by atoms with Crippen LogP contribution in [0.1, 0.15) is 37.0 Å². The lowest BCUT2D eigenvalue weighted by molar-refractivity contribution is 0.215. The molecule has 0 spiro atoms. The van der Waals surface area contributed by atoms with Crippen molar-refractivity contribution < 1.29 is 4.52 Å². The molecule has 8 heteroatoms. The minimum Gasteiger partial charge on any atom is -0.354 e. The molecule has 1 aliphatic heterocycles. The number of aromatic nitrogens is 5. The highest BCUT2D eigenvalue weighted by atomic mass is 16.5. The minimum atomic E-state index is 0.288. The van der Waals surface area contributed by atoms with Crippen molar-refractivity contribution in [3.8, 4) is 5.82 Å². The van der Waals surface area contributed by atoms with Gasteiger partial charge in [0.1, 0.15) is 5.82 Å². The van der Waals surface area contributed by atoms with Crippen LogP contribution in [-0.2, 0) is 6.54 Å². The molecule has 0 unspecified atom stereocenters. The average molecular weight is 367 g/mol. The predicted molar refractivity (Wildman–Crippen MR) is 102 cm³/mol. The van der Waals surface area contributed by atoms with E-state index in [9.17, 15) is 0 Å². The lowest BCUT2D eigenvalue weighted by atomic mass is 10.2. The molecule has 4 heterocycles. The lowest BCUT2D eigenvalue weighted by Gasteiger charge is -2.34. The van der Waals surface area contributed by atoms with Crippen molar-refractivity contribution in [1.29, 1.82) is 0 Å². The number of hydrogen-bond acceptors (Lipinski definition) is 7. The largest absolute Gasteiger partial charge is 0.354 e. The van der Waals surface area contributed by atoms with Crippen LogP contribution in [0.25, 0.3) is 5.82 Å². The molecule has 142 valence electrons. The van der Waals surface area contributed by atoms with Crippen LogP contribution in [0, 0.1) is 6.92 Å². The summed E-state index contributed by atoms with van der Waals surface area (Å²) in [4.78, 5) is 13.9. The summed E-state index contributed by atoms with van der Waals surface area (Å²) in [5.41, 5.74) is 1.12. The standard InChI is InChI=1S/C19H25N7O/c1-14(2)19-22-18(27-23-19)13-24-7-9-25(10-8-24)16-5-4-6-17(21-16)26-12-15(3)11-20-26/h4-6,11-12,14H,7-10,13H2,1-3H3. The van der Waals surface area contributed by atoms with Gasteiger partial charge < -0.3 is 9.42 Å². The molecule has 3 aromatic rings. The molecule has 0 saturated carbocycles. The second-order valence-corrected chi connectivity index (χ2v) is 7.28. The van der Waals surface area contributed by atoms with E-state index in [0.29, 0.717) is 12.4 Å². The Bertz CT molecular complexity index is 893. The molecule has 0 atom stereocenters. The molecule has 1 aliphatic rings. The maximum Gasteiger partial charge on any atom is 0.240 e. The molecule has 0 amide bonds. The number of hydrogen-bond donors (Lipinski definition) is 0. The van der Waals surface area contributed by atoms with Gasteiger partial charge in [0.2, 0.25) is 5.89 Å². The number of piperazine rings is 1. The first kappa shape index (κ1) is 17.7. The molecule has 4 rings (SSSR count). The molecule has 0 radical (unpaired) electrons. The zero-order chi connectivity index (χ0) is 18.8. The number of anilines is 1. The first-order valence-corrected chi connectivity index (χ1v) is 9.37. The van der Waals surface area contributed by atoms with Crippen LogP contribution in [0.15, 0.2) is 35.1 Å². The van der Waals surface area contributed by atoms with Crippen molar-refractivity contribution in [2.24, 2.45) is 0 Å². The highest BCUT2D eigenvalue weighted by Gasteiger charge is 2.21. The van der Waals surface area contributed by atoms with Crippen LogP contribution in [0.2, 0.25) is 0 Å². The average Bonchev–Trinajstić information content (AvgIpc) is 3.32. The molecular weight excluding hydrogens is 342 g/mol. The van der Waals surface area contributed by atoms with Crippen LogP contribution in [0.5, 0.6) is 0 Å². The van der Waals surface area contributed by atoms with Gasteiger partial charge in [-0.3, -0.25) is 4.90 Å². The third-order valence-electron chi connectivity index (χ3n) is 4.72. The van der Waals surface area contributed by atoms with Crippen molar-refractivity contribution in [2.45, 2.75) is 33.2 Å². The van der Waals surface area contributed by atoms with Crippen LogP contribution >= 0.6 is 0 Å². The van der Waals surface area contributed by atoms with Gasteiger partial charge >= 0.3 is 0 Å². The number of pyridine rings is 1. The zero-order valence-electron chi connectivity index (χ0n) is 16.0. The predicted octanol–water partition coefficient (Wildman–Crippen LogP) is 2.40. The Hall–Kier alpha value is -2.74. The maximum absolute atomic E-state index is 5.37. The first-order valence-electron chi connectivity index (χ1n) is 9.37. The topological polar surface area (TPSA) is 76.1 Å². The van der Waals surface area contributed by atoms with Gasteiger partial charge in [0.25, 0.3) is 0 Å². The normalized spacial score (nSPS) is 15.6. The Morgan fingerprint density at radius 2 is 1.85 bits per heavy atom. The molecule has 8 nitrogen and oxygen atoms in total. The monoisotopic (exact) mass is 367 g/mol. The van der Waals surface area contributed by atoms with E-state index in [1.807, 2.05) is 36.1 Å². The van der Waals surface area contributed by atoms with E-state index < -0.39 is 0 Å². The summed E-state index contributed by atoms with van der Waals surface area (Å²) in [5.74, 6) is 3.59. The second-order valence-electron chi connectivity index (χ2n) is 7.28. The van der Waals surface area contributed by atoms with Crippen molar-refractivity contribution in [2.75, 3.05) is 31.1 Å².